The zero-order chi connectivity index (χ0) is 13.9. The van der Waals surface area contributed by atoms with E-state index in [4.69, 9.17) is 0 Å². The van der Waals surface area contributed by atoms with Crippen molar-refractivity contribution < 1.29 is 4.79 Å². The summed E-state index contributed by atoms with van der Waals surface area (Å²) < 4.78 is 0. The number of hydrogen-bond donors (Lipinski definition) is 0. The van der Waals surface area contributed by atoms with Crippen molar-refractivity contribution in [2.45, 2.75) is 51.0 Å². The van der Waals surface area contributed by atoms with E-state index in [9.17, 15) is 4.79 Å². The van der Waals surface area contributed by atoms with Gasteiger partial charge in [-0.05, 0) is 49.1 Å². The molecular weight excluding hydrogens is 246 g/mol. The molecule has 1 aromatic rings. The van der Waals surface area contributed by atoms with Crippen LogP contribution in [0.3, 0.4) is 0 Å². The maximum atomic E-state index is 11.8. The van der Waals surface area contributed by atoms with Gasteiger partial charge < -0.3 is 4.90 Å². The lowest BCUT2D eigenvalue weighted by Gasteiger charge is -2.27. The quantitative estimate of drug-likeness (QED) is 0.759. The number of likely N-dealkylation sites (tertiary alicyclic amines) is 1. The van der Waals surface area contributed by atoms with E-state index in [1.54, 1.807) is 0 Å². The van der Waals surface area contributed by atoms with Crippen LogP contribution in [0.2, 0.25) is 0 Å². The molecule has 0 atom stereocenters. The first-order valence-electron chi connectivity index (χ1n) is 7.76. The van der Waals surface area contributed by atoms with Crippen LogP contribution in [0.4, 0.5) is 0 Å². The first-order chi connectivity index (χ1) is 9.74. The number of carbonyl (C=O) groups is 1. The van der Waals surface area contributed by atoms with E-state index < -0.39 is 0 Å². The average Bonchev–Trinajstić information content (AvgIpc) is 2.86. The molecule has 3 rings (SSSR count). The monoisotopic (exact) mass is 269 g/mol. The van der Waals surface area contributed by atoms with Gasteiger partial charge in [0.25, 0.3) is 0 Å². The highest BCUT2D eigenvalue weighted by molar-refractivity contribution is 5.78. The smallest absolute Gasteiger partial charge is 0.222 e. The summed E-state index contributed by atoms with van der Waals surface area (Å²) in [5.74, 6) is 0.964. The number of allylic oxidation sites excluding steroid dienone is 1. The molecular formula is C18H23NO. The molecule has 0 aromatic heterocycles. The molecule has 0 bridgehead atoms. The van der Waals surface area contributed by atoms with E-state index in [2.05, 4.69) is 30.8 Å². The molecule has 1 aliphatic carbocycles. The Kier molecular flexibility index (Phi) is 3.90. The third-order valence-corrected chi connectivity index (χ3v) is 4.72. The van der Waals surface area contributed by atoms with Crippen LogP contribution in [0, 0.1) is 0 Å². The molecule has 2 heteroatoms. The third-order valence-electron chi connectivity index (χ3n) is 4.72. The zero-order valence-corrected chi connectivity index (χ0v) is 12.1. The summed E-state index contributed by atoms with van der Waals surface area (Å²) in [6.07, 6.45) is 6.48. The summed E-state index contributed by atoms with van der Waals surface area (Å²) in [4.78, 5) is 13.8. The van der Waals surface area contributed by atoms with Gasteiger partial charge in [-0.25, -0.2) is 0 Å². The minimum absolute atomic E-state index is 0.317. The first-order valence-corrected chi connectivity index (χ1v) is 7.76. The maximum Gasteiger partial charge on any atom is 0.222 e. The fourth-order valence-corrected chi connectivity index (χ4v) is 3.49. The molecule has 1 saturated carbocycles. The Hall–Kier alpha value is -1.57. The summed E-state index contributed by atoms with van der Waals surface area (Å²) in [7, 11) is 0. The lowest BCUT2D eigenvalue weighted by atomic mass is 9.80. The molecule has 1 aromatic carbocycles. The normalized spacial score (nSPS) is 20.7. The Labute approximate surface area is 121 Å². The second kappa shape index (κ2) is 5.82. The predicted octanol–water partition coefficient (Wildman–Crippen LogP) is 4.02. The molecule has 2 fully saturated rings. The van der Waals surface area contributed by atoms with Crippen LogP contribution in [0.1, 0.15) is 55.6 Å². The number of rotatable bonds is 3. The van der Waals surface area contributed by atoms with Gasteiger partial charge in [-0.2, -0.15) is 0 Å². The highest BCUT2D eigenvalue weighted by Gasteiger charge is 2.24. The minimum atomic E-state index is 0.317. The number of nitrogens with zero attached hydrogens (tertiary/aromatic N) is 1. The van der Waals surface area contributed by atoms with Crippen LogP contribution < -0.4 is 0 Å². The van der Waals surface area contributed by atoms with Gasteiger partial charge in [0.2, 0.25) is 5.91 Å². The fraction of sp³-hybridized carbons (Fsp3) is 0.500. The summed E-state index contributed by atoms with van der Waals surface area (Å²) in [5, 5.41) is 0. The van der Waals surface area contributed by atoms with Gasteiger partial charge in [-0.15, -0.1) is 0 Å². The third kappa shape index (κ3) is 2.79. The topological polar surface area (TPSA) is 20.3 Å². The largest absolute Gasteiger partial charge is 0.338 e. The molecule has 2 aliphatic rings. The van der Waals surface area contributed by atoms with Crippen LogP contribution in [-0.4, -0.2) is 17.4 Å². The minimum Gasteiger partial charge on any atom is -0.338 e. The van der Waals surface area contributed by atoms with Crippen molar-refractivity contribution in [1.82, 2.24) is 4.90 Å². The molecule has 0 unspecified atom stereocenters. The van der Waals surface area contributed by atoms with Crippen LogP contribution >= 0.6 is 0 Å². The SMILES string of the molecule is C=C1CCC(c2ccccc2CN2CCCC2=O)CC1. The lowest BCUT2D eigenvalue weighted by Crippen LogP contribution is -2.25. The van der Waals surface area contributed by atoms with E-state index in [0.29, 0.717) is 11.8 Å². The second-order valence-corrected chi connectivity index (χ2v) is 6.14. The maximum absolute atomic E-state index is 11.8. The van der Waals surface area contributed by atoms with Crippen LogP contribution in [0.5, 0.6) is 0 Å². The number of hydrogen-bond acceptors (Lipinski definition) is 1. The summed E-state index contributed by atoms with van der Waals surface area (Å²) in [6.45, 7) is 5.83. The summed E-state index contributed by atoms with van der Waals surface area (Å²) in [6, 6.07) is 8.69. The van der Waals surface area contributed by atoms with Crippen molar-refractivity contribution in [3.05, 3.63) is 47.5 Å². The van der Waals surface area contributed by atoms with Crippen LogP contribution in [0.15, 0.2) is 36.4 Å². The van der Waals surface area contributed by atoms with Gasteiger partial charge in [0.05, 0.1) is 0 Å². The van der Waals surface area contributed by atoms with Gasteiger partial charge in [0.15, 0.2) is 0 Å². The van der Waals surface area contributed by atoms with E-state index in [1.807, 2.05) is 4.90 Å². The van der Waals surface area contributed by atoms with Gasteiger partial charge >= 0.3 is 0 Å². The van der Waals surface area contributed by atoms with Gasteiger partial charge in [-0.3, -0.25) is 4.79 Å². The molecule has 1 heterocycles. The highest BCUT2D eigenvalue weighted by atomic mass is 16.2. The first kappa shape index (κ1) is 13.4. The predicted molar refractivity (Wildman–Crippen MR) is 81.4 cm³/mol. The second-order valence-electron chi connectivity index (χ2n) is 6.14. The van der Waals surface area contributed by atoms with Gasteiger partial charge in [0.1, 0.15) is 0 Å². The molecule has 106 valence electrons. The average molecular weight is 269 g/mol. The standard InChI is InChI=1S/C18H23NO/c1-14-8-10-15(11-9-14)17-6-3-2-5-16(17)13-19-12-4-7-18(19)20/h2-3,5-6,15H,1,4,7-13H2. The molecule has 20 heavy (non-hydrogen) atoms. The Morgan fingerprint density at radius 2 is 1.90 bits per heavy atom. The van der Waals surface area contributed by atoms with E-state index in [0.717, 1.165) is 38.8 Å². The van der Waals surface area contributed by atoms with Gasteiger partial charge in [0, 0.05) is 19.5 Å². The van der Waals surface area contributed by atoms with Crippen LogP contribution in [-0.2, 0) is 11.3 Å². The molecule has 1 amide bonds. The molecule has 1 saturated heterocycles. The van der Waals surface area contributed by atoms with Crippen molar-refractivity contribution in [1.29, 1.82) is 0 Å². The lowest BCUT2D eigenvalue weighted by molar-refractivity contribution is -0.128. The fourth-order valence-electron chi connectivity index (χ4n) is 3.49. The molecule has 0 N–H and O–H groups in total. The van der Waals surface area contributed by atoms with E-state index in [-0.39, 0.29) is 0 Å². The molecule has 2 nitrogen and oxygen atoms in total. The Morgan fingerprint density at radius 3 is 2.60 bits per heavy atom. The highest BCUT2D eigenvalue weighted by Crippen LogP contribution is 2.36. The summed E-state index contributed by atoms with van der Waals surface area (Å²) >= 11 is 0. The Balaban J connectivity index is 1.77. The van der Waals surface area contributed by atoms with Crippen molar-refractivity contribution in [3.8, 4) is 0 Å². The Bertz CT molecular complexity index is 510. The van der Waals surface area contributed by atoms with Crippen LogP contribution in [0.25, 0.3) is 0 Å². The van der Waals surface area contributed by atoms with Gasteiger partial charge in [-0.1, -0.05) is 36.4 Å². The van der Waals surface area contributed by atoms with Crippen molar-refractivity contribution in [2.75, 3.05) is 6.54 Å². The van der Waals surface area contributed by atoms with Crippen molar-refractivity contribution in [2.24, 2.45) is 0 Å². The molecule has 1 aliphatic heterocycles. The number of carbonyl (C=O) groups excluding carboxylic acids is 1. The van der Waals surface area contributed by atoms with E-state index in [1.165, 1.54) is 29.5 Å². The van der Waals surface area contributed by atoms with Crippen molar-refractivity contribution >= 4 is 5.91 Å². The number of amides is 1. The molecule has 0 spiro atoms. The Morgan fingerprint density at radius 1 is 1.15 bits per heavy atom. The van der Waals surface area contributed by atoms with Crippen molar-refractivity contribution in [3.63, 3.8) is 0 Å². The molecule has 0 radical (unpaired) electrons. The number of benzene rings is 1. The van der Waals surface area contributed by atoms with E-state index >= 15 is 0 Å². The zero-order valence-electron chi connectivity index (χ0n) is 12.1. The summed E-state index contributed by atoms with van der Waals surface area (Å²) in [5.41, 5.74) is 4.20.